The minimum absolute atomic E-state index is 0.0304. The molecular weight excluding hydrogens is 325 g/mol. The highest BCUT2D eigenvalue weighted by molar-refractivity contribution is 5.91. The fourth-order valence-corrected chi connectivity index (χ4v) is 3.11. The van der Waals surface area contributed by atoms with E-state index in [0.29, 0.717) is 19.0 Å². The maximum Gasteiger partial charge on any atom is 0.289 e. The van der Waals surface area contributed by atoms with Gasteiger partial charge < -0.3 is 14.1 Å². The van der Waals surface area contributed by atoms with Gasteiger partial charge in [-0.25, -0.2) is 4.39 Å². The Morgan fingerprint density at radius 3 is 2.56 bits per heavy atom. The van der Waals surface area contributed by atoms with E-state index in [-0.39, 0.29) is 28.7 Å². The zero-order chi connectivity index (χ0) is 17.8. The highest BCUT2D eigenvalue weighted by Crippen LogP contribution is 2.23. The Morgan fingerprint density at radius 1 is 1.28 bits per heavy atom. The molecule has 0 spiro atoms. The summed E-state index contributed by atoms with van der Waals surface area (Å²) in [5, 5.41) is 0. The van der Waals surface area contributed by atoms with Gasteiger partial charge in [0.15, 0.2) is 5.76 Å². The molecule has 0 bridgehead atoms. The zero-order valence-electron chi connectivity index (χ0n) is 14.0. The van der Waals surface area contributed by atoms with E-state index in [9.17, 15) is 14.0 Å². The highest BCUT2D eigenvalue weighted by Gasteiger charge is 2.25. The highest BCUT2D eigenvalue weighted by atomic mass is 19.1. The molecule has 1 aromatic heterocycles. The molecule has 2 heterocycles. The van der Waals surface area contributed by atoms with Gasteiger partial charge >= 0.3 is 0 Å². The van der Waals surface area contributed by atoms with Gasteiger partial charge in [-0.15, -0.1) is 0 Å². The van der Waals surface area contributed by atoms with Crippen LogP contribution in [-0.2, 0) is 6.42 Å². The van der Waals surface area contributed by atoms with Gasteiger partial charge in [-0.1, -0.05) is 12.1 Å². The molecule has 6 heteroatoms. The van der Waals surface area contributed by atoms with E-state index >= 15 is 0 Å². The van der Waals surface area contributed by atoms with Crippen molar-refractivity contribution in [3.8, 4) is 5.75 Å². The molecule has 3 rings (SSSR count). The van der Waals surface area contributed by atoms with E-state index < -0.39 is 0 Å². The maximum atomic E-state index is 13.0. The second-order valence-electron chi connectivity index (χ2n) is 6.24. The van der Waals surface area contributed by atoms with Gasteiger partial charge in [-0.05, 0) is 42.9 Å². The van der Waals surface area contributed by atoms with E-state index in [1.807, 2.05) is 0 Å². The van der Waals surface area contributed by atoms with E-state index in [1.165, 1.54) is 25.3 Å². The van der Waals surface area contributed by atoms with E-state index in [2.05, 4.69) is 0 Å². The minimum atomic E-state index is -0.372. The summed E-state index contributed by atoms with van der Waals surface area (Å²) in [4.78, 5) is 25.9. The first-order chi connectivity index (χ1) is 12.1. The SMILES string of the molecule is COc1coc(C(=O)N2CCC(Cc3ccc(F)cc3)CC2)cc1=O. The number of rotatable bonds is 4. The topological polar surface area (TPSA) is 59.8 Å². The Bertz CT molecular complexity index is 792. The van der Waals surface area contributed by atoms with Gasteiger partial charge in [-0.3, -0.25) is 9.59 Å². The van der Waals surface area contributed by atoms with Gasteiger partial charge in [0, 0.05) is 19.2 Å². The van der Waals surface area contributed by atoms with Crippen LogP contribution in [0, 0.1) is 11.7 Å². The lowest BCUT2D eigenvalue weighted by Crippen LogP contribution is -2.39. The summed E-state index contributed by atoms with van der Waals surface area (Å²) in [6, 6.07) is 7.73. The molecule has 0 atom stereocenters. The molecule has 0 aliphatic carbocycles. The summed E-state index contributed by atoms with van der Waals surface area (Å²) >= 11 is 0. The van der Waals surface area contributed by atoms with Crippen LogP contribution in [0.25, 0.3) is 0 Å². The molecule has 0 unspecified atom stereocenters. The van der Waals surface area contributed by atoms with Crippen LogP contribution in [0.4, 0.5) is 4.39 Å². The summed E-state index contributed by atoms with van der Waals surface area (Å²) in [7, 11) is 1.37. The van der Waals surface area contributed by atoms with Crippen LogP contribution in [0.1, 0.15) is 29.0 Å². The van der Waals surface area contributed by atoms with Crippen molar-refractivity contribution in [2.45, 2.75) is 19.3 Å². The molecule has 1 fully saturated rings. The Kier molecular flexibility index (Phi) is 5.16. The van der Waals surface area contributed by atoms with E-state index in [1.54, 1.807) is 17.0 Å². The number of carbonyl (C=O) groups excluding carboxylic acids is 1. The molecule has 2 aromatic rings. The number of hydrogen-bond donors (Lipinski definition) is 0. The fourth-order valence-electron chi connectivity index (χ4n) is 3.11. The molecule has 0 radical (unpaired) electrons. The molecule has 25 heavy (non-hydrogen) atoms. The van der Waals surface area contributed by atoms with Crippen molar-refractivity contribution in [3.63, 3.8) is 0 Å². The summed E-state index contributed by atoms with van der Waals surface area (Å²) in [5.41, 5.74) is 0.732. The monoisotopic (exact) mass is 345 g/mol. The number of methoxy groups -OCH3 is 1. The molecule has 5 nitrogen and oxygen atoms in total. The average molecular weight is 345 g/mol. The molecule has 1 aliphatic heterocycles. The Morgan fingerprint density at radius 2 is 1.96 bits per heavy atom. The fraction of sp³-hybridized carbons (Fsp3) is 0.368. The van der Waals surface area contributed by atoms with Crippen molar-refractivity contribution in [1.29, 1.82) is 0 Å². The standard InChI is InChI=1S/C19H20FNO4/c1-24-18-12-25-17(11-16(18)22)19(23)21-8-6-14(7-9-21)10-13-2-4-15(20)5-3-13/h2-5,11-12,14H,6-10H2,1H3. The second kappa shape index (κ2) is 7.51. The molecule has 132 valence electrons. The summed E-state index contributed by atoms with van der Waals surface area (Å²) in [5.74, 6) is 0.0554. The predicted molar refractivity (Wildman–Crippen MR) is 90.3 cm³/mol. The second-order valence-corrected chi connectivity index (χ2v) is 6.24. The normalized spacial score (nSPS) is 15.2. The first kappa shape index (κ1) is 17.2. The van der Waals surface area contributed by atoms with Crippen molar-refractivity contribution in [3.05, 3.63) is 64.0 Å². The first-order valence-electron chi connectivity index (χ1n) is 8.27. The molecular formula is C19H20FNO4. The Balaban J connectivity index is 1.58. The number of ether oxygens (including phenoxy) is 1. The van der Waals surface area contributed by atoms with Crippen molar-refractivity contribution in [2.75, 3.05) is 20.2 Å². The van der Waals surface area contributed by atoms with Crippen LogP contribution in [0.5, 0.6) is 5.75 Å². The van der Waals surface area contributed by atoms with Crippen LogP contribution in [0.3, 0.4) is 0 Å². The smallest absolute Gasteiger partial charge is 0.289 e. The van der Waals surface area contributed by atoms with Crippen LogP contribution in [-0.4, -0.2) is 31.0 Å². The number of likely N-dealkylation sites (tertiary alicyclic amines) is 1. The number of piperidine rings is 1. The van der Waals surface area contributed by atoms with Crippen molar-refractivity contribution in [2.24, 2.45) is 5.92 Å². The van der Waals surface area contributed by atoms with Crippen LogP contribution in [0.2, 0.25) is 0 Å². The Labute approximate surface area is 145 Å². The Hall–Kier alpha value is -2.63. The van der Waals surface area contributed by atoms with E-state index in [0.717, 1.165) is 31.1 Å². The quantitative estimate of drug-likeness (QED) is 0.855. The molecule has 0 N–H and O–H groups in total. The number of carbonyl (C=O) groups is 1. The predicted octanol–water partition coefficient (Wildman–Crippen LogP) is 2.88. The lowest BCUT2D eigenvalue weighted by molar-refractivity contribution is 0.0655. The number of nitrogens with zero attached hydrogens (tertiary/aromatic N) is 1. The molecule has 1 aliphatic rings. The number of benzene rings is 1. The van der Waals surface area contributed by atoms with Gasteiger partial charge in [-0.2, -0.15) is 0 Å². The third-order valence-corrected chi connectivity index (χ3v) is 4.57. The molecule has 1 amide bonds. The third-order valence-electron chi connectivity index (χ3n) is 4.57. The molecule has 0 saturated carbocycles. The van der Waals surface area contributed by atoms with E-state index in [4.69, 9.17) is 9.15 Å². The molecule has 1 saturated heterocycles. The lowest BCUT2D eigenvalue weighted by atomic mass is 9.90. The summed E-state index contributed by atoms with van der Waals surface area (Å²) < 4.78 is 23.0. The van der Waals surface area contributed by atoms with Gasteiger partial charge in [0.1, 0.15) is 12.1 Å². The largest absolute Gasteiger partial charge is 0.490 e. The van der Waals surface area contributed by atoms with Crippen LogP contribution < -0.4 is 10.2 Å². The first-order valence-corrected chi connectivity index (χ1v) is 8.27. The van der Waals surface area contributed by atoms with Gasteiger partial charge in [0.2, 0.25) is 11.2 Å². The maximum absolute atomic E-state index is 13.0. The lowest BCUT2D eigenvalue weighted by Gasteiger charge is -2.31. The van der Waals surface area contributed by atoms with Gasteiger partial charge in [0.05, 0.1) is 7.11 Å². The van der Waals surface area contributed by atoms with Crippen molar-refractivity contribution in [1.82, 2.24) is 4.90 Å². The van der Waals surface area contributed by atoms with Crippen molar-refractivity contribution < 1.29 is 18.3 Å². The zero-order valence-corrected chi connectivity index (χ0v) is 14.0. The summed E-state index contributed by atoms with van der Waals surface area (Å²) in [6.45, 7) is 1.22. The average Bonchev–Trinajstić information content (AvgIpc) is 2.63. The number of halogens is 1. The van der Waals surface area contributed by atoms with Crippen LogP contribution >= 0.6 is 0 Å². The summed E-state index contributed by atoms with van der Waals surface area (Å²) in [6.07, 6.45) is 3.77. The molecule has 1 aromatic carbocycles. The number of hydrogen-bond acceptors (Lipinski definition) is 4. The minimum Gasteiger partial charge on any atom is -0.490 e. The van der Waals surface area contributed by atoms with Crippen molar-refractivity contribution >= 4 is 5.91 Å². The van der Waals surface area contributed by atoms with Crippen LogP contribution in [0.15, 0.2) is 45.8 Å². The number of amides is 1. The third kappa shape index (κ3) is 4.07. The van der Waals surface area contributed by atoms with Gasteiger partial charge in [0.25, 0.3) is 5.91 Å².